The molecule has 2 N–H and O–H groups in total. The van der Waals surface area contributed by atoms with Crippen molar-refractivity contribution in [2.24, 2.45) is 0 Å². The van der Waals surface area contributed by atoms with E-state index in [2.05, 4.69) is 35.0 Å². The second-order valence-electron chi connectivity index (χ2n) is 11.3. The number of hydrogen-bond acceptors (Lipinski definition) is 12. The van der Waals surface area contributed by atoms with Crippen LogP contribution in [0.25, 0.3) is 11.3 Å². The highest BCUT2D eigenvalue weighted by Crippen LogP contribution is 2.36. The monoisotopic (exact) mass is 608 g/mol. The van der Waals surface area contributed by atoms with Crippen molar-refractivity contribution in [3.8, 4) is 17.1 Å². The van der Waals surface area contributed by atoms with E-state index in [9.17, 15) is 9.59 Å². The molecule has 1 aliphatic carbocycles. The molecule has 3 aromatic heterocycles. The highest BCUT2D eigenvalue weighted by atomic mass is 32.2. The van der Waals surface area contributed by atoms with Crippen molar-refractivity contribution in [3.05, 3.63) is 48.8 Å². The molecular weight excluding hydrogens is 568 g/mol. The number of amides is 1. The van der Waals surface area contributed by atoms with Crippen LogP contribution in [0, 0.1) is 0 Å². The highest BCUT2D eigenvalue weighted by Gasteiger charge is 2.40. The Bertz CT molecular complexity index is 1360. The summed E-state index contributed by atoms with van der Waals surface area (Å²) in [5, 5.41) is 3.62. The number of likely N-dealkylation sites (tertiary alicyclic amines) is 1. The van der Waals surface area contributed by atoms with E-state index in [1.165, 1.54) is 12.8 Å². The number of ether oxygens (including phenoxy) is 2. The van der Waals surface area contributed by atoms with Crippen molar-refractivity contribution in [2.75, 3.05) is 36.8 Å². The largest absolute Gasteiger partial charge is 0.477 e. The fourth-order valence-electron chi connectivity index (χ4n) is 4.23. The molecule has 1 saturated heterocycles. The first-order valence-corrected chi connectivity index (χ1v) is 15.3. The Morgan fingerprint density at radius 1 is 1.07 bits per heavy atom. The number of anilines is 2. The second kappa shape index (κ2) is 14.5. The summed E-state index contributed by atoms with van der Waals surface area (Å²) in [6.45, 7) is 8.95. The number of aldehydes is 1. The first-order chi connectivity index (χ1) is 20.6. The SMILES string of the molecule is CC(C)(C)OC(=O)N1CCC(C=O)(c2cncc(NSC3CC3)n2)CC1.CCOc1cncc(-c2ccc(NC)nc2)n1. The standard InChI is InChI=1S/C18H26N4O3S.C12H14N4O/c1-17(2,3)25-16(24)22-8-6-18(12-23,7-9-22)14-10-19-11-15(20-14)21-26-13-4-5-13;1-3-17-12-8-14-7-10(16-12)9-4-5-11(13-2)15-6-9/h10-13H,4-9H2,1-3H3,(H,20,21);4-8H,3H2,1-2H3,(H,13,15). The van der Waals surface area contributed by atoms with Crippen LogP contribution in [-0.4, -0.2) is 79.8 Å². The molecular formula is C30H40N8O4S. The lowest BCUT2D eigenvalue weighted by molar-refractivity contribution is -0.114. The zero-order valence-electron chi connectivity index (χ0n) is 25.4. The molecule has 2 fully saturated rings. The van der Waals surface area contributed by atoms with Gasteiger partial charge in [-0.05, 0) is 77.5 Å². The highest BCUT2D eigenvalue weighted by molar-refractivity contribution is 8.01. The van der Waals surface area contributed by atoms with Crippen LogP contribution in [0.1, 0.15) is 59.1 Å². The molecule has 0 spiro atoms. The number of piperidine rings is 1. The van der Waals surface area contributed by atoms with Crippen LogP contribution in [-0.2, 0) is 14.9 Å². The van der Waals surface area contributed by atoms with Crippen molar-refractivity contribution < 1.29 is 19.1 Å². The molecule has 4 heterocycles. The van der Waals surface area contributed by atoms with E-state index < -0.39 is 11.0 Å². The van der Waals surface area contributed by atoms with Crippen LogP contribution >= 0.6 is 11.9 Å². The van der Waals surface area contributed by atoms with Gasteiger partial charge in [0.15, 0.2) is 5.82 Å². The zero-order chi connectivity index (χ0) is 30.9. The molecule has 0 radical (unpaired) electrons. The van der Waals surface area contributed by atoms with E-state index in [1.807, 2.05) is 46.9 Å². The van der Waals surface area contributed by atoms with Gasteiger partial charge in [-0.3, -0.25) is 9.97 Å². The number of nitrogens with one attached hydrogen (secondary N) is 2. The molecule has 13 heteroatoms. The number of hydrogen-bond donors (Lipinski definition) is 2. The van der Waals surface area contributed by atoms with Crippen molar-refractivity contribution >= 4 is 36.0 Å². The molecule has 12 nitrogen and oxygen atoms in total. The van der Waals surface area contributed by atoms with Crippen molar-refractivity contribution in [3.63, 3.8) is 0 Å². The van der Waals surface area contributed by atoms with E-state index >= 15 is 0 Å². The molecule has 0 aromatic carbocycles. The van der Waals surface area contributed by atoms with Crippen molar-refractivity contribution in [1.82, 2.24) is 29.8 Å². The van der Waals surface area contributed by atoms with Crippen LogP contribution < -0.4 is 14.8 Å². The summed E-state index contributed by atoms with van der Waals surface area (Å²) in [6, 6.07) is 3.84. The first kappa shape index (κ1) is 31.9. The zero-order valence-corrected chi connectivity index (χ0v) is 26.2. The number of carbonyl (C=O) groups is 2. The van der Waals surface area contributed by atoms with Crippen LogP contribution in [0.2, 0.25) is 0 Å². The molecule has 43 heavy (non-hydrogen) atoms. The van der Waals surface area contributed by atoms with E-state index in [0.717, 1.165) is 23.4 Å². The predicted molar refractivity (Wildman–Crippen MR) is 167 cm³/mol. The average Bonchev–Trinajstić information content (AvgIpc) is 3.85. The Morgan fingerprint density at radius 3 is 2.42 bits per heavy atom. The quantitative estimate of drug-likeness (QED) is 0.245. The molecule has 5 rings (SSSR count). The Hall–Kier alpha value is -4.00. The van der Waals surface area contributed by atoms with E-state index in [4.69, 9.17) is 9.47 Å². The maximum Gasteiger partial charge on any atom is 0.410 e. The number of nitrogens with zero attached hydrogens (tertiary/aromatic N) is 6. The van der Waals surface area contributed by atoms with Gasteiger partial charge in [0.2, 0.25) is 5.88 Å². The topological polar surface area (TPSA) is 144 Å². The van der Waals surface area contributed by atoms with Crippen LogP contribution in [0.5, 0.6) is 5.88 Å². The fraction of sp³-hybridized carbons (Fsp3) is 0.500. The van der Waals surface area contributed by atoms with Gasteiger partial charge in [0.05, 0.1) is 42.0 Å². The van der Waals surface area contributed by atoms with Gasteiger partial charge in [0.25, 0.3) is 0 Å². The lowest BCUT2D eigenvalue weighted by atomic mass is 9.77. The smallest absolute Gasteiger partial charge is 0.410 e. The van der Waals surface area contributed by atoms with Gasteiger partial charge in [-0.1, -0.05) is 0 Å². The number of rotatable bonds is 9. The van der Waals surface area contributed by atoms with E-state index in [-0.39, 0.29) is 6.09 Å². The van der Waals surface area contributed by atoms with Gasteiger partial charge in [-0.15, -0.1) is 0 Å². The second-order valence-corrected chi connectivity index (χ2v) is 12.4. The third-order valence-electron chi connectivity index (χ3n) is 6.75. The Kier molecular flexibility index (Phi) is 10.7. The van der Waals surface area contributed by atoms with Crippen LogP contribution in [0.3, 0.4) is 0 Å². The summed E-state index contributed by atoms with van der Waals surface area (Å²) in [5.74, 6) is 2.03. The van der Waals surface area contributed by atoms with E-state index in [0.29, 0.717) is 55.2 Å². The third-order valence-corrected chi connectivity index (χ3v) is 7.88. The molecule has 2 aliphatic rings. The van der Waals surface area contributed by atoms with Gasteiger partial charge in [-0.2, -0.15) is 0 Å². The van der Waals surface area contributed by atoms with Crippen molar-refractivity contribution in [1.29, 1.82) is 0 Å². The van der Waals surface area contributed by atoms with Crippen LogP contribution in [0.4, 0.5) is 16.4 Å². The van der Waals surface area contributed by atoms with Gasteiger partial charge in [0, 0.05) is 43.3 Å². The maximum absolute atomic E-state index is 12.2. The Labute approximate surface area is 257 Å². The normalized spacial score (nSPS) is 15.9. The van der Waals surface area contributed by atoms with Gasteiger partial charge < -0.3 is 29.2 Å². The van der Waals surface area contributed by atoms with Gasteiger partial charge in [0.1, 0.15) is 17.7 Å². The molecule has 1 amide bonds. The third kappa shape index (κ3) is 9.24. The lowest BCUT2D eigenvalue weighted by Crippen LogP contribution is -2.47. The van der Waals surface area contributed by atoms with Crippen molar-refractivity contribution in [2.45, 2.75) is 69.6 Å². The summed E-state index contributed by atoms with van der Waals surface area (Å²) in [4.78, 5) is 47.4. The van der Waals surface area contributed by atoms with Gasteiger partial charge >= 0.3 is 6.09 Å². The van der Waals surface area contributed by atoms with Gasteiger partial charge in [-0.25, -0.2) is 19.7 Å². The maximum atomic E-state index is 12.2. The Morgan fingerprint density at radius 2 is 1.81 bits per heavy atom. The van der Waals surface area contributed by atoms with E-state index in [1.54, 1.807) is 47.8 Å². The molecule has 0 bridgehead atoms. The average molecular weight is 609 g/mol. The summed E-state index contributed by atoms with van der Waals surface area (Å²) in [6.07, 6.45) is 12.5. The number of pyridine rings is 1. The molecule has 3 aromatic rings. The minimum absolute atomic E-state index is 0.334. The summed E-state index contributed by atoms with van der Waals surface area (Å²) < 4.78 is 14.0. The predicted octanol–water partition coefficient (Wildman–Crippen LogP) is 5.15. The minimum atomic E-state index is -0.701. The fourth-order valence-corrected chi connectivity index (χ4v) is 4.99. The molecule has 1 aliphatic heterocycles. The number of aromatic nitrogens is 5. The molecule has 0 unspecified atom stereocenters. The summed E-state index contributed by atoms with van der Waals surface area (Å²) in [5.41, 5.74) is 1.11. The summed E-state index contributed by atoms with van der Waals surface area (Å²) in [7, 11) is 1.83. The number of carbonyl (C=O) groups excluding carboxylic acids is 2. The first-order valence-electron chi connectivity index (χ1n) is 14.4. The van der Waals surface area contributed by atoms with Crippen LogP contribution in [0.15, 0.2) is 43.1 Å². The lowest BCUT2D eigenvalue weighted by Gasteiger charge is -2.38. The molecule has 1 saturated carbocycles. The molecule has 0 atom stereocenters. The molecule has 230 valence electrons. The summed E-state index contributed by atoms with van der Waals surface area (Å²) >= 11 is 1.66. The minimum Gasteiger partial charge on any atom is -0.477 e. The Balaban J connectivity index is 0.000000215.